The van der Waals surface area contributed by atoms with E-state index in [1.807, 2.05) is 35.9 Å². The van der Waals surface area contributed by atoms with Gasteiger partial charge >= 0.3 is 0 Å². The van der Waals surface area contributed by atoms with Crippen LogP contribution in [0.2, 0.25) is 0 Å². The van der Waals surface area contributed by atoms with E-state index in [0.29, 0.717) is 19.4 Å². The van der Waals surface area contributed by atoms with Crippen LogP contribution in [0.15, 0.2) is 24.3 Å². The fraction of sp³-hybridized carbons (Fsp3) is 0.529. The van der Waals surface area contributed by atoms with Gasteiger partial charge < -0.3 is 9.84 Å². The minimum absolute atomic E-state index is 0.267. The molecule has 2 rings (SSSR count). The molecule has 1 N–H and O–H groups in total. The van der Waals surface area contributed by atoms with Gasteiger partial charge in [0, 0.05) is 17.9 Å². The van der Waals surface area contributed by atoms with Gasteiger partial charge in [-0.15, -0.1) is 0 Å². The molecular weight excluding hydrogens is 278 g/mol. The Morgan fingerprint density at radius 2 is 2.00 bits per heavy atom. The molecule has 1 aromatic carbocycles. The number of para-hydroxylation sites is 1. The summed E-state index contributed by atoms with van der Waals surface area (Å²) in [6.07, 6.45) is 0.941. The summed E-state index contributed by atoms with van der Waals surface area (Å²) in [6.45, 7) is 6.63. The van der Waals surface area contributed by atoms with Crippen LogP contribution in [0, 0.1) is 0 Å². The van der Waals surface area contributed by atoms with E-state index in [-0.39, 0.29) is 5.92 Å². The van der Waals surface area contributed by atoms with Gasteiger partial charge in [0.2, 0.25) is 0 Å². The van der Waals surface area contributed by atoms with Gasteiger partial charge in [-0.25, -0.2) is 9.67 Å². The van der Waals surface area contributed by atoms with Crippen LogP contribution in [-0.2, 0) is 13.0 Å². The Kier molecular flexibility index (Phi) is 5.55. The van der Waals surface area contributed by atoms with E-state index < -0.39 is 6.10 Å². The zero-order chi connectivity index (χ0) is 16.1. The third-order valence-electron chi connectivity index (χ3n) is 3.66. The first-order valence-electron chi connectivity index (χ1n) is 7.78. The van der Waals surface area contributed by atoms with Crippen molar-refractivity contribution in [3.63, 3.8) is 0 Å². The lowest BCUT2D eigenvalue weighted by Gasteiger charge is -2.11. The van der Waals surface area contributed by atoms with Crippen LogP contribution in [-0.4, -0.2) is 33.1 Å². The first-order valence-corrected chi connectivity index (χ1v) is 7.78. The number of aliphatic hydroxyl groups excluding tert-OH is 1. The molecule has 0 aliphatic carbocycles. The lowest BCUT2D eigenvalue weighted by Crippen LogP contribution is -2.18. The highest BCUT2D eigenvalue weighted by Crippen LogP contribution is 2.21. The molecule has 0 bridgehead atoms. The van der Waals surface area contributed by atoms with E-state index in [1.165, 1.54) is 0 Å². The zero-order valence-corrected chi connectivity index (χ0v) is 13.8. The molecule has 22 heavy (non-hydrogen) atoms. The molecule has 0 unspecified atom stereocenters. The summed E-state index contributed by atoms with van der Waals surface area (Å²) >= 11 is 0. The predicted molar refractivity (Wildman–Crippen MR) is 86.2 cm³/mol. The standard InChI is InChI=1S/C17H25N3O2/c1-5-14(21)11-20-17(12(2)3)18-16(19-20)10-13-8-6-7-9-15(13)22-4/h6-9,12,14,21H,5,10-11H2,1-4H3/t14-/m0/s1. The summed E-state index contributed by atoms with van der Waals surface area (Å²) in [4.78, 5) is 4.65. The molecule has 0 fully saturated rings. The molecule has 0 aliphatic rings. The van der Waals surface area contributed by atoms with Crippen LogP contribution in [0.4, 0.5) is 0 Å². The van der Waals surface area contributed by atoms with Gasteiger partial charge in [0.25, 0.3) is 0 Å². The van der Waals surface area contributed by atoms with Crippen molar-refractivity contribution in [1.29, 1.82) is 0 Å². The van der Waals surface area contributed by atoms with Crippen molar-refractivity contribution in [2.45, 2.75) is 52.2 Å². The summed E-state index contributed by atoms with van der Waals surface area (Å²) in [5, 5.41) is 14.5. The first-order chi connectivity index (χ1) is 10.5. The lowest BCUT2D eigenvalue weighted by molar-refractivity contribution is 0.143. The van der Waals surface area contributed by atoms with E-state index in [9.17, 15) is 5.11 Å². The second-order valence-electron chi connectivity index (χ2n) is 5.77. The monoisotopic (exact) mass is 303 g/mol. The van der Waals surface area contributed by atoms with E-state index >= 15 is 0 Å². The number of nitrogens with zero attached hydrogens (tertiary/aromatic N) is 3. The van der Waals surface area contributed by atoms with Crippen LogP contribution in [0.1, 0.15) is 50.3 Å². The molecule has 0 aliphatic heterocycles. The molecule has 0 spiro atoms. The Labute approximate surface area is 132 Å². The Morgan fingerprint density at radius 3 is 2.64 bits per heavy atom. The molecule has 0 saturated heterocycles. The van der Waals surface area contributed by atoms with Crippen molar-refractivity contribution in [2.75, 3.05) is 7.11 Å². The maximum atomic E-state index is 9.89. The van der Waals surface area contributed by atoms with Crippen molar-refractivity contribution in [3.8, 4) is 5.75 Å². The highest BCUT2D eigenvalue weighted by molar-refractivity contribution is 5.35. The van der Waals surface area contributed by atoms with Crippen molar-refractivity contribution >= 4 is 0 Å². The van der Waals surface area contributed by atoms with Gasteiger partial charge in [-0.2, -0.15) is 5.10 Å². The maximum Gasteiger partial charge on any atom is 0.155 e. The number of benzene rings is 1. The van der Waals surface area contributed by atoms with Gasteiger partial charge in [0.1, 0.15) is 11.6 Å². The van der Waals surface area contributed by atoms with Crippen LogP contribution in [0.25, 0.3) is 0 Å². The van der Waals surface area contributed by atoms with Crippen molar-refractivity contribution in [2.24, 2.45) is 0 Å². The molecule has 1 atom stereocenters. The average molecular weight is 303 g/mol. The van der Waals surface area contributed by atoms with Crippen LogP contribution >= 0.6 is 0 Å². The number of hydrogen-bond donors (Lipinski definition) is 1. The minimum Gasteiger partial charge on any atom is -0.496 e. The van der Waals surface area contributed by atoms with Gasteiger partial charge in [0.05, 0.1) is 19.8 Å². The molecule has 1 heterocycles. The number of aromatic nitrogens is 3. The van der Waals surface area contributed by atoms with Crippen molar-refractivity contribution in [1.82, 2.24) is 14.8 Å². The third kappa shape index (κ3) is 3.85. The van der Waals surface area contributed by atoms with Crippen LogP contribution in [0.3, 0.4) is 0 Å². The summed E-state index contributed by atoms with van der Waals surface area (Å²) in [6, 6.07) is 7.90. The minimum atomic E-state index is -0.390. The molecule has 1 aromatic heterocycles. The first kappa shape index (κ1) is 16.5. The van der Waals surface area contributed by atoms with Gasteiger partial charge in [-0.3, -0.25) is 0 Å². The Balaban J connectivity index is 2.26. The topological polar surface area (TPSA) is 60.2 Å². The molecule has 2 aromatic rings. The number of hydrogen-bond acceptors (Lipinski definition) is 4. The smallest absolute Gasteiger partial charge is 0.155 e. The number of rotatable bonds is 7. The maximum absolute atomic E-state index is 9.89. The molecule has 0 saturated carbocycles. The fourth-order valence-electron chi connectivity index (χ4n) is 2.39. The van der Waals surface area contributed by atoms with E-state index in [4.69, 9.17) is 4.74 Å². The quantitative estimate of drug-likeness (QED) is 0.854. The normalized spacial score (nSPS) is 12.6. The summed E-state index contributed by atoms with van der Waals surface area (Å²) < 4.78 is 7.22. The number of aliphatic hydroxyl groups is 1. The molecule has 0 radical (unpaired) electrons. The van der Waals surface area contributed by atoms with Gasteiger partial charge in [-0.1, -0.05) is 39.0 Å². The lowest BCUT2D eigenvalue weighted by atomic mass is 10.1. The van der Waals surface area contributed by atoms with Crippen molar-refractivity contribution in [3.05, 3.63) is 41.5 Å². The molecule has 5 heteroatoms. The number of methoxy groups -OCH3 is 1. The average Bonchev–Trinajstić information content (AvgIpc) is 2.90. The summed E-state index contributed by atoms with van der Waals surface area (Å²) in [7, 11) is 1.67. The molecule has 5 nitrogen and oxygen atoms in total. The SMILES string of the molecule is CC[C@H](O)Cn1nc(Cc2ccccc2OC)nc1C(C)C. The van der Waals surface area contributed by atoms with E-state index in [1.54, 1.807) is 7.11 Å². The van der Waals surface area contributed by atoms with Crippen molar-refractivity contribution < 1.29 is 9.84 Å². The largest absolute Gasteiger partial charge is 0.496 e. The molecular formula is C17H25N3O2. The Morgan fingerprint density at radius 1 is 1.27 bits per heavy atom. The Bertz CT molecular complexity index is 608. The second-order valence-corrected chi connectivity index (χ2v) is 5.77. The van der Waals surface area contributed by atoms with Gasteiger partial charge in [-0.05, 0) is 12.5 Å². The van der Waals surface area contributed by atoms with E-state index in [0.717, 1.165) is 23.0 Å². The molecule has 0 amide bonds. The second kappa shape index (κ2) is 7.40. The van der Waals surface area contributed by atoms with Crippen LogP contribution < -0.4 is 4.74 Å². The third-order valence-corrected chi connectivity index (χ3v) is 3.66. The van der Waals surface area contributed by atoms with Gasteiger partial charge in [0.15, 0.2) is 5.82 Å². The molecule has 120 valence electrons. The zero-order valence-electron chi connectivity index (χ0n) is 13.8. The van der Waals surface area contributed by atoms with Crippen LogP contribution in [0.5, 0.6) is 5.75 Å². The number of ether oxygens (including phenoxy) is 1. The summed E-state index contributed by atoms with van der Waals surface area (Å²) in [5.74, 6) is 2.79. The Hall–Kier alpha value is -1.88. The highest BCUT2D eigenvalue weighted by atomic mass is 16.5. The highest BCUT2D eigenvalue weighted by Gasteiger charge is 2.16. The summed E-state index contributed by atoms with van der Waals surface area (Å²) in [5.41, 5.74) is 1.06. The van der Waals surface area contributed by atoms with E-state index in [2.05, 4.69) is 23.9 Å². The predicted octanol–water partition coefficient (Wildman–Crippen LogP) is 2.77. The fourth-order valence-corrected chi connectivity index (χ4v) is 2.39.